The van der Waals surface area contributed by atoms with E-state index < -0.39 is 10.0 Å². The van der Waals surface area contributed by atoms with Crippen LogP contribution in [0.2, 0.25) is 0 Å². The molecule has 0 aliphatic carbocycles. The molecule has 24 heavy (non-hydrogen) atoms. The van der Waals surface area contributed by atoms with Gasteiger partial charge in [-0.1, -0.05) is 5.16 Å². The molecule has 1 unspecified atom stereocenters. The molecule has 3 heterocycles. The first kappa shape index (κ1) is 17.1. The predicted octanol–water partition coefficient (Wildman–Crippen LogP) is 0.745. The molecule has 0 amide bonds. The fourth-order valence-electron chi connectivity index (χ4n) is 3.03. The smallest absolute Gasteiger partial charge is 0.252 e. The summed E-state index contributed by atoms with van der Waals surface area (Å²) in [6, 6.07) is 0. The minimum atomic E-state index is -3.58. The highest BCUT2D eigenvalue weighted by Gasteiger charge is 2.37. The van der Waals surface area contributed by atoms with E-state index in [2.05, 4.69) is 15.2 Å². The monoisotopic (exact) mass is 355 g/mol. The van der Waals surface area contributed by atoms with Gasteiger partial charge in [-0.2, -0.15) is 14.4 Å². The Kier molecular flexibility index (Phi) is 4.45. The lowest BCUT2D eigenvalue weighted by Crippen LogP contribution is -2.29. The SMILES string of the molecule is COCc1nc(C2CCN(S(=O)(=O)c3c(C)nn(C)c3C)C2)no1. The Hall–Kier alpha value is -1.78. The normalized spacial score (nSPS) is 19.2. The number of aromatic nitrogens is 4. The van der Waals surface area contributed by atoms with Crippen molar-refractivity contribution in [3.8, 4) is 0 Å². The van der Waals surface area contributed by atoms with Gasteiger partial charge in [0, 0.05) is 33.2 Å². The van der Waals surface area contributed by atoms with Crippen LogP contribution >= 0.6 is 0 Å². The Morgan fingerprint density at radius 2 is 2.12 bits per heavy atom. The van der Waals surface area contributed by atoms with Gasteiger partial charge in [-0.15, -0.1) is 0 Å². The van der Waals surface area contributed by atoms with Crippen LogP contribution in [0, 0.1) is 13.8 Å². The second kappa shape index (κ2) is 6.26. The van der Waals surface area contributed by atoms with Crippen molar-refractivity contribution in [2.75, 3.05) is 20.2 Å². The molecule has 1 aliphatic rings. The van der Waals surface area contributed by atoms with Crippen molar-refractivity contribution in [1.29, 1.82) is 0 Å². The van der Waals surface area contributed by atoms with Gasteiger partial charge in [-0.25, -0.2) is 8.42 Å². The zero-order chi connectivity index (χ0) is 17.5. The van der Waals surface area contributed by atoms with E-state index in [9.17, 15) is 8.42 Å². The van der Waals surface area contributed by atoms with Crippen LogP contribution in [0.1, 0.15) is 35.4 Å². The fourth-order valence-corrected chi connectivity index (χ4v) is 4.93. The van der Waals surface area contributed by atoms with Crippen molar-refractivity contribution < 1.29 is 17.7 Å². The maximum Gasteiger partial charge on any atom is 0.252 e. The van der Waals surface area contributed by atoms with Gasteiger partial charge in [-0.3, -0.25) is 4.68 Å². The summed E-state index contributed by atoms with van der Waals surface area (Å²) in [5.74, 6) is 0.846. The van der Waals surface area contributed by atoms with Gasteiger partial charge < -0.3 is 9.26 Å². The molecule has 0 bridgehead atoms. The molecule has 0 aromatic carbocycles. The lowest BCUT2D eigenvalue weighted by molar-refractivity contribution is 0.151. The molecule has 0 spiro atoms. The summed E-state index contributed by atoms with van der Waals surface area (Å²) in [7, 11) is -0.296. The molecule has 2 aromatic rings. The van der Waals surface area contributed by atoms with Crippen LogP contribution in [-0.4, -0.2) is 52.8 Å². The first-order valence-corrected chi connectivity index (χ1v) is 9.10. The van der Waals surface area contributed by atoms with E-state index >= 15 is 0 Å². The van der Waals surface area contributed by atoms with E-state index in [1.54, 1.807) is 32.7 Å². The molecule has 1 saturated heterocycles. The number of hydrogen-bond acceptors (Lipinski definition) is 7. The average molecular weight is 355 g/mol. The van der Waals surface area contributed by atoms with E-state index in [1.807, 2.05) is 0 Å². The second-order valence-corrected chi connectivity index (χ2v) is 7.83. The zero-order valence-corrected chi connectivity index (χ0v) is 15.0. The van der Waals surface area contributed by atoms with Crippen molar-refractivity contribution in [3.05, 3.63) is 23.1 Å². The number of methoxy groups -OCH3 is 1. The largest absolute Gasteiger partial charge is 0.375 e. The average Bonchev–Trinajstić information content (AvgIpc) is 3.20. The highest BCUT2D eigenvalue weighted by Crippen LogP contribution is 2.31. The topological polar surface area (TPSA) is 103 Å². The van der Waals surface area contributed by atoms with Crippen LogP contribution in [0.15, 0.2) is 9.42 Å². The maximum atomic E-state index is 13.0. The van der Waals surface area contributed by atoms with Crippen LogP contribution in [0.4, 0.5) is 0 Å². The summed E-state index contributed by atoms with van der Waals surface area (Å²) >= 11 is 0. The molecular weight excluding hydrogens is 334 g/mol. The molecule has 1 aliphatic heterocycles. The van der Waals surface area contributed by atoms with Gasteiger partial charge in [0.25, 0.3) is 5.89 Å². The fraction of sp³-hybridized carbons (Fsp3) is 0.643. The van der Waals surface area contributed by atoms with Crippen LogP contribution in [0.5, 0.6) is 0 Å². The summed E-state index contributed by atoms with van der Waals surface area (Å²) in [5, 5.41) is 8.15. The Morgan fingerprint density at radius 3 is 2.75 bits per heavy atom. The highest BCUT2D eigenvalue weighted by molar-refractivity contribution is 7.89. The summed E-state index contributed by atoms with van der Waals surface area (Å²) in [4.78, 5) is 4.56. The van der Waals surface area contributed by atoms with Gasteiger partial charge in [0.05, 0.1) is 11.4 Å². The molecule has 0 radical (unpaired) electrons. The van der Waals surface area contributed by atoms with Crippen molar-refractivity contribution in [2.45, 2.75) is 37.7 Å². The van der Waals surface area contributed by atoms with E-state index in [-0.39, 0.29) is 12.5 Å². The minimum Gasteiger partial charge on any atom is -0.375 e. The number of sulfonamides is 1. The number of ether oxygens (including phenoxy) is 1. The third kappa shape index (κ3) is 2.85. The molecule has 1 fully saturated rings. The molecule has 10 heteroatoms. The summed E-state index contributed by atoms with van der Waals surface area (Å²) in [6.07, 6.45) is 0.656. The summed E-state index contributed by atoms with van der Waals surface area (Å²) in [5.41, 5.74) is 1.15. The number of hydrogen-bond donors (Lipinski definition) is 0. The van der Waals surface area contributed by atoms with Crippen LogP contribution in [-0.2, 0) is 28.4 Å². The molecule has 132 valence electrons. The number of rotatable bonds is 5. The van der Waals surface area contributed by atoms with E-state index in [1.165, 1.54) is 4.31 Å². The van der Waals surface area contributed by atoms with Crippen molar-refractivity contribution in [2.24, 2.45) is 7.05 Å². The lowest BCUT2D eigenvalue weighted by Gasteiger charge is -2.16. The van der Waals surface area contributed by atoms with Gasteiger partial charge >= 0.3 is 0 Å². The molecular formula is C14H21N5O4S. The van der Waals surface area contributed by atoms with Gasteiger partial charge in [0.15, 0.2) is 5.82 Å². The number of nitrogens with zero attached hydrogens (tertiary/aromatic N) is 5. The van der Waals surface area contributed by atoms with Crippen LogP contribution < -0.4 is 0 Å². The quantitative estimate of drug-likeness (QED) is 0.779. The second-order valence-electron chi connectivity index (χ2n) is 5.95. The lowest BCUT2D eigenvalue weighted by atomic mass is 10.1. The molecule has 0 N–H and O–H groups in total. The van der Waals surface area contributed by atoms with E-state index in [0.717, 1.165) is 0 Å². The van der Waals surface area contributed by atoms with Crippen molar-refractivity contribution >= 4 is 10.0 Å². The maximum absolute atomic E-state index is 13.0. The molecule has 0 saturated carbocycles. The summed E-state index contributed by atoms with van der Waals surface area (Å²) < 4.78 is 39.0. The minimum absolute atomic E-state index is 0.0774. The molecule has 9 nitrogen and oxygen atoms in total. The van der Waals surface area contributed by atoms with Crippen molar-refractivity contribution in [1.82, 2.24) is 24.2 Å². The zero-order valence-electron chi connectivity index (χ0n) is 14.2. The van der Waals surface area contributed by atoms with Gasteiger partial charge in [0.1, 0.15) is 11.5 Å². The van der Waals surface area contributed by atoms with Crippen LogP contribution in [0.25, 0.3) is 0 Å². The number of aryl methyl sites for hydroxylation is 2. The third-order valence-electron chi connectivity index (χ3n) is 4.31. The Balaban J connectivity index is 1.81. The Bertz CT molecular complexity index is 841. The standard InChI is InChI=1S/C14H21N5O4S/c1-9-13(10(2)18(3)16-9)24(20,21)19-6-5-11(7-19)14-15-12(8-22-4)23-17-14/h11H,5-8H2,1-4H3. The Morgan fingerprint density at radius 1 is 1.38 bits per heavy atom. The van der Waals surface area contributed by atoms with Crippen LogP contribution in [0.3, 0.4) is 0 Å². The van der Waals surface area contributed by atoms with E-state index in [4.69, 9.17) is 9.26 Å². The van der Waals surface area contributed by atoms with E-state index in [0.29, 0.717) is 47.5 Å². The first-order valence-electron chi connectivity index (χ1n) is 7.66. The first-order chi connectivity index (χ1) is 11.3. The Labute approximate surface area is 140 Å². The molecule has 3 rings (SSSR count). The summed E-state index contributed by atoms with van der Waals surface area (Å²) in [6.45, 7) is 4.48. The predicted molar refractivity (Wildman–Crippen MR) is 83.8 cm³/mol. The molecule has 1 atom stereocenters. The highest BCUT2D eigenvalue weighted by atomic mass is 32.2. The molecule has 2 aromatic heterocycles. The third-order valence-corrected chi connectivity index (χ3v) is 6.43. The van der Waals surface area contributed by atoms with Gasteiger partial charge in [0.2, 0.25) is 10.0 Å². The van der Waals surface area contributed by atoms with Crippen molar-refractivity contribution in [3.63, 3.8) is 0 Å². The van der Waals surface area contributed by atoms with Gasteiger partial charge in [-0.05, 0) is 20.3 Å².